The predicted molar refractivity (Wildman–Crippen MR) is 63.7 cm³/mol. The molecule has 0 amide bonds. The summed E-state index contributed by atoms with van der Waals surface area (Å²) in [4.78, 5) is 15.9. The van der Waals surface area contributed by atoms with Gasteiger partial charge in [-0.25, -0.2) is 4.79 Å². The molecule has 0 aliphatic carbocycles. The standard InChI is InChI=1S/C12H14N2O2/c1-3-8(2)13-12-14-10-7-5-4-6-9(10)11(15)16-12/h4-8H,3H2,1-2H3,(H,13,14). The molecule has 2 rings (SSSR count). The molecule has 16 heavy (non-hydrogen) atoms. The highest BCUT2D eigenvalue weighted by Crippen LogP contribution is 2.11. The maximum absolute atomic E-state index is 11.6. The lowest BCUT2D eigenvalue weighted by atomic mass is 10.2. The van der Waals surface area contributed by atoms with Crippen LogP contribution in [0.15, 0.2) is 33.5 Å². The first-order valence-electron chi connectivity index (χ1n) is 5.37. The van der Waals surface area contributed by atoms with Crippen molar-refractivity contribution < 1.29 is 4.42 Å². The summed E-state index contributed by atoms with van der Waals surface area (Å²) in [7, 11) is 0. The molecule has 1 aromatic heterocycles. The fraction of sp³-hybridized carbons (Fsp3) is 0.333. The van der Waals surface area contributed by atoms with Crippen LogP contribution in [0.4, 0.5) is 6.01 Å². The zero-order chi connectivity index (χ0) is 11.5. The molecule has 0 fully saturated rings. The van der Waals surface area contributed by atoms with E-state index in [1.807, 2.05) is 13.0 Å². The lowest BCUT2D eigenvalue weighted by Gasteiger charge is -2.10. The molecule has 0 aliphatic rings. The average molecular weight is 218 g/mol. The van der Waals surface area contributed by atoms with E-state index < -0.39 is 0 Å². The number of nitrogens with one attached hydrogen (secondary N) is 1. The Morgan fingerprint density at radius 1 is 1.44 bits per heavy atom. The van der Waals surface area contributed by atoms with Crippen LogP contribution in [-0.4, -0.2) is 11.0 Å². The number of nitrogens with zero attached hydrogens (tertiary/aromatic N) is 1. The summed E-state index contributed by atoms with van der Waals surface area (Å²) in [5, 5.41) is 3.56. The van der Waals surface area contributed by atoms with Gasteiger partial charge in [-0.1, -0.05) is 19.1 Å². The average Bonchev–Trinajstić information content (AvgIpc) is 2.29. The number of anilines is 1. The Morgan fingerprint density at radius 2 is 2.19 bits per heavy atom. The van der Waals surface area contributed by atoms with Crippen LogP contribution in [0, 0.1) is 0 Å². The number of para-hydroxylation sites is 1. The van der Waals surface area contributed by atoms with Crippen molar-refractivity contribution >= 4 is 16.9 Å². The molecular weight excluding hydrogens is 204 g/mol. The van der Waals surface area contributed by atoms with Crippen LogP contribution in [-0.2, 0) is 0 Å². The van der Waals surface area contributed by atoms with Crippen LogP contribution in [0.3, 0.4) is 0 Å². The van der Waals surface area contributed by atoms with Crippen LogP contribution < -0.4 is 10.9 Å². The van der Waals surface area contributed by atoms with E-state index in [0.717, 1.165) is 6.42 Å². The van der Waals surface area contributed by atoms with Crippen molar-refractivity contribution in [3.05, 3.63) is 34.7 Å². The van der Waals surface area contributed by atoms with Crippen molar-refractivity contribution in [3.8, 4) is 0 Å². The largest absolute Gasteiger partial charge is 0.389 e. The predicted octanol–water partition coefficient (Wildman–Crippen LogP) is 2.40. The number of aromatic nitrogens is 1. The van der Waals surface area contributed by atoms with Crippen LogP contribution in [0.5, 0.6) is 0 Å². The minimum atomic E-state index is -0.351. The molecule has 1 aromatic carbocycles. The number of benzene rings is 1. The second-order valence-corrected chi connectivity index (χ2v) is 3.78. The number of rotatable bonds is 3. The zero-order valence-electron chi connectivity index (χ0n) is 9.36. The van der Waals surface area contributed by atoms with Crippen LogP contribution in [0.2, 0.25) is 0 Å². The fourth-order valence-corrected chi connectivity index (χ4v) is 1.39. The maximum atomic E-state index is 11.6. The highest BCUT2D eigenvalue weighted by molar-refractivity contribution is 5.77. The van der Waals surface area contributed by atoms with Gasteiger partial charge in [0.1, 0.15) is 0 Å². The van der Waals surface area contributed by atoms with Gasteiger partial charge in [-0.15, -0.1) is 0 Å². The summed E-state index contributed by atoms with van der Waals surface area (Å²) in [5.41, 5.74) is 0.306. The Bertz CT molecular complexity index is 548. The Balaban J connectivity index is 2.46. The van der Waals surface area contributed by atoms with E-state index in [2.05, 4.69) is 17.2 Å². The molecule has 84 valence electrons. The van der Waals surface area contributed by atoms with Crippen LogP contribution >= 0.6 is 0 Å². The molecule has 0 bridgehead atoms. The van der Waals surface area contributed by atoms with Crippen molar-refractivity contribution in [2.24, 2.45) is 0 Å². The van der Waals surface area contributed by atoms with Gasteiger partial charge in [0.2, 0.25) is 0 Å². The summed E-state index contributed by atoms with van der Waals surface area (Å²) in [6.07, 6.45) is 0.943. The van der Waals surface area contributed by atoms with E-state index in [1.54, 1.807) is 18.2 Å². The summed E-state index contributed by atoms with van der Waals surface area (Å²) >= 11 is 0. The molecule has 1 heterocycles. The topological polar surface area (TPSA) is 55.1 Å². The fourth-order valence-electron chi connectivity index (χ4n) is 1.39. The van der Waals surface area contributed by atoms with E-state index in [1.165, 1.54) is 0 Å². The molecule has 2 aromatic rings. The molecular formula is C12H14N2O2. The Hall–Kier alpha value is -1.84. The first kappa shape index (κ1) is 10.7. The van der Waals surface area contributed by atoms with E-state index >= 15 is 0 Å². The molecule has 4 nitrogen and oxygen atoms in total. The molecule has 0 radical (unpaired) electrons. The van der Waals surface area contributed by atoms with Crippen LogP contribution in [0.25, 0.3) is 10.9 Å². The molecule has 0 spiro atoms. The Kier molecular flexibility index (Phi) is 2.90. The number of hydrogen-bond donors (Lipinski definition) is 1. The first-order valence-corrected chi connectivity index (χ1v) is 5.37. The molecule has 0 aliphatic heterocycles. The molecule has 1 N–H and O–H groups in total. The quantitative estimate of drug-likeness (QED) is 0.859. The second kappa shape index (κ2) is 4.35. The van der Waals surface area contributed by atoms with E-state index in [0.29, 0.717) is 10.9 Å². The van der Waals surface area contributed by atoms with E-state index in [-0.39, 0.29) is 17.7 Å². The summed E-state index contributed by atoms with van der Waals surface area (Å²) in [6.45, 7) is 4.06. The van der Waals surface area contributed by atoms with Gasteiger partial charge in [0, 0.05) is 6.04 Å². The normalized spacial score (nSPS) is 12.6. The van der Waals surface area contributed by atoms with Gasteiger partial charge in [0.15, 0.2) is 0 Å². The molecule has 1 unspecified atom stereocenters. The number of fused-ring (bicyclic) bond motifs is 1. The molecule has 0 saturated carbocycles. The van der Waals surface area contributed by atoms with E-state index in [4.69, 9.17) is 4.42 Å². The van der Waals surface area contributed by atoms with Gasteiger partial charge in [-0.3, -0.25) is 0 Å². The molecule has 4 heteroatoms. The third-order valence-corrected chi connectivity index (χ3v) is 2.52. The van der Waals surface area contributed by atoms with E-state index in [9.17, 15) is 4.79 Å². The minimum Gasteiger partial charge on any atom is -0.389 e. The maximum Gasteiger partial charge on any atom is 0.348 e. The smallest absolute Gasteiger partial charge is 0.348 e. The number of hydrogen-bond acceptors (Lipinski definition) is 4. The monoisotopic (exact) mass is 218 g/mol. The highest BCUT2D eigenvalue weighted by atomic mass is 16.4. The summed E-state index contributed by atoms with van der Waals surface area (Å²) in [5.74, 6) is 0. The Morgan fingerprint density at radius 3 is 2.94 bits per heavy atom. The third kappa shape index (κ3) is 2.05. The third-order valence-electron chi connectivity index (χ3n) is 2.52. The minimum absolute atomic E-state index is 0.233. The van der Waals surface area contributed by atoms with Gasteiger partial charge < -0.3 is 9.73 Å². The van der Waals surface area contributed by atoms with Gasteiger partial charge >= 0.3 is 5.63 Å². The summed E-state index contributed by atoms with van der Waals surface area (Å²) < 4.78 is 5.09. The first-order chi connectivity index (χ1) is 7.70. The van der Waals surface area contributed by atoms with Crippen molar-refractivity contribution in [2.45, 2.75) is 26.3 Å². The van der Waals surface area contributed by atoms with Crippen molar-refractivity contribution in [2.75, 3.05) is 5.32 Å². The second-order valence-electron chi connectivity index (χ2n) is 3.78. The zero-order valence-corrected chi connectivity index (χ0v) is 9.36. The summed E-state index contributed by atoms with van der Waals surface area (Å²) in [6, 6.07) is 7.68. The van der Waals surface area contributed by atoms with Gasteiger partial charge in [-0.2, -0.15) is 4.98 Å². The van der Waals surface area contributed by atoms with Gasteiger partial charge in [0.05, 0.1) is 10.9 Å². The lowest BCUT2D eigenvalue weighted by molar-refractivity contribution is 0.507. The SMILES string of the molecule is CCC(C)Nc1nc2ccccc2c(=O)o1. The lowest BCUT2D eigenvalue weighted by Crippen LogP contribution is -2.16. The van der Waals surface area contributed by atoms with Gasteiger partial charge in [-0.05, 0) is 25.5 Å². The molecule has 0 saturated heterocycles. The van der Waals surface area contributed by atoms with Gasteiger partial charge in [0.25, 0.3) is 6.01 Å². The Labute approximate surface area is 93.3 Å². The van der Waals surface area contributed by atoms with Crippen LogP contribution in [0.1, 0.15) is 20.3 Å². The highest BCUT2D eigenvalue weighted by Gasteiger charge is 2.07. The van der Waals surface area contributed by atoms with Crippen molar-refractivity contribution in [1.82, 2.24) is 4.98 Å². The van der Waals surface area contributed by atoms with Crippen molar-refractivity contribution in [3.63, 3.8) is 0 Å². The molecule has 1 atom stereocenters. The van der Waals surface area contributed by atoms with Crippen molar-refractivity contribution in [1.29, 1.82) is 0 Å².